The second kappa shape index (κ2) is 5.36. The first kappa shape index (κ1) is 13.5. The Morgan fingerprint density at radius 2 is 1.95 bits per heavy atom. The molecule has 98 valence electrons. The van der Waals surface area contributed by atoms with E-state index in [1.807, 2.05) is 0 Å². The van der Waals surface area contributed by atoms with Crippen molar-refractivity contribution in [3.05, 3.63) is 64.2 Å². The lowest BCUT2D eigenvalue weighted by molar-refractivity contribution is 0.103. The minimum Gasteiger partial charge on any atom is -0.494 e. The number of carbonyl (C=O) groups is 1. The van der Waals surface area contributed by atoms with E-state index < -0.39 is 17.4 Å². The fraction of sp³-hybridized carbons (Fsp3) is 0.0714. The van der Waals surface area contributed by atoms with Gasteiger partial charge in [-0.2, -0.15) is 0 Å². The smallest absolute Gasteiger partial charge is 0.196 e. The van der Waals surface area contributed by atoms with Gasteiger partial charge in [0.15, 0.2) is 17.3 Å². The number of methoxy groups -OCH3 is 1. The van der Waals surface area contributed by atoms with Crippen molar-refractivity contribution in [2.75, 3.05) is 7.11 Å². The molecule has 2 nitrogen and oxygen atoms in total. The van der Waals surface area contributed by atoms with Crippen LogP contribution in [-0.4, -0.2) is 12.9 Å². The van der Waals surface area contributed by atoms with E-state index in [4.69, 9.17) is 16.3 Å². The van der Waals surface area contributed by atoms with E-state index in [0.717, 1.165) is 12.1 Å². The van der Waals surface area contributed by atoms with Crippen LogP contribution in [0, 0.1) is 11.6 Å². The molecular weight excluding hydrogens is 274 g/mol. The predicted octanol–water partition coefficient (Wildman–Crippen LogP) is 3.86. The lowest BCUT2D eigenvalue weighted by Gasteiger charge is -2.07. The lowest BCUT2D eigenvalue weighted by Crippen LogP contribution is -2.05. The van der Waals surface area contributed by atoms with Crippen LogP contribution < -0.4 is 4.74 Å². The number of hydrogen-bond acceptors (Lipinski definition) is 2. The minimum absolute atomic E-state index is 0.0286. The van der Waals surface area contributed by atoms with Gasteiger partial charge in [0, 0.05) is 5.56 Å². The number of carbonyl (C=O) groups excluding carboxylic acids is 1. The fourth-order valence-electron chi connectivity index (χ4n) is 1.64. The molecule has 0 bridgehead atoms. The summed E-state index contributed by atoms with van der Waals surface area (Å²) in [5.41, 5.74) is -0.0411. The van der Waals surface area contributed by atoms with Crippen molar-refractivity contribution in [3.63, 3.8) is 0 Å². The van der Waals surface area contributed by atoms with Crippen LogP contribution in [0.2, 0.25) is 5.02 Å². The summed E-state index contributed by atoms with van der Waals surface area (Å²) in [7, 11) is 1.31. The molecule has 0 saturated carbocycles. The highest BCUT2D eigenvalue weighted by atomic mass is 35.5. The van der Waals surface area contributed by atoms with Crippen molar-refractivity contribution in [3.8, 4) is 5.75 Å². The van der Waals surface area contributed by atoms with Crippen LogP contribution in [0.15, 0.2) is 36.4 Å². The monoisotopic (exact) mass is 282 g/mol. The molecule has 0 radical (unpaired) electrons. The van der Waals surface area contributed by atoms with E-state index in [-0.39, 0.29) is 21.9 Å². The maximum absolute atomic E-state index is 13.9. The molecule has 0 unspecified atom stereocenters. The molecule has 0 aliphatic heterocycles. The summed E-state index contributed by atoms with van der Waals surface area (Å²) >= 11 is 5.60. The molecule has 2 aromatic carbocycles. The van der Waals surface area contributed by atoms with Gasteiger partial charge in [-0.05, 0) is 30.3 Å². The zero-order valence-corrected chi connectivity index (χ0v) is 10.7. The summed E-state index contributed by atoms with van der Waals surface area (Å²) in [5, 5.41) is -0.186. The van der Waals surface area contributed by atoms with Gasteiger partial charge in [0.25, 0.3) is 0 Å². The summed E-state index contributed by atoms with van der Waals surface area (Å²) in [4.78, 5) is 12.1. The Bertz CT molecular complexity index is 641. The summed E-state index contributed by atoms with van der Waals surface area (Å²) in [6.45, 7) is 0. The highest BCUT2D eigenvalue weighted by Crippen LogP contribution is 2.24. The first-order valence-electron chi connectivity index (χ1n) is 5.37. The maximum Gasteiger partial charge on any atom is 0.196 e. The third-order valence-electron chi connectivity index (χ3n) is 2.61. The average Bonchev–Trinajstić information content (AvgIpc) is 2.41. The number of hydrogen-bond donors (Lipinski definition) is 0. The Morgan fingerprint density at radius 1 is 1.21 bits per heavy atom. The van der Waals surface area contributed by atoms with E-state index >= 15 is 0 Å². The number of halogens is 3. The Morgan fingerprint density at radius 3 is 2.58 bits per heavy atom. The van der Waals surface area contributed by atoms with Crippen LogP contribution in [0.25, 0.3) is 0 Å². The molecule has 5 heteroatoms. The van der Waals surface area contributed by atoms with Gasteiger partial charge in [-0.25, -0.2) is 8.78 Å². The third-order valence-corrected chi connectivity index (χ3v) is 2.90. The lowest BCUT2D eigenvalue weighted by atomic mass is 10.0. The largest absolute Gasteiger partial charge is 0.494 e. The normalized spacial score (nSPS) is 10.3. The van der Waals surface area contributed by atoms with Gasteiger partial charge < -0.3 is 4.74 Å². The molecule has 0 amide bonds. The van der Waals surface area contributed by atoms with Gasteiger partial charge in [0.1, 0.15) is 5.82 Å². The van der Waals surface area contributed by atoms with Gasteiger partial charge in [0.2, 0.25) is 0 Å². The van der Waals surface area contributed by atoms with E-state index in [9.17, 15) is 13.6 Å². The van der Waals surface area contributed by atoms with Crippen LogP contribution in [0.5, 0.6) is 5.75 Å². The quantitative estimate of drug-likeness (QED) is 0.799. The van der Waals surface area contributed by atoms with Gasteiger partial charge in [-0.3, -0.25) is 4.79 Å². The molecule has 0 atom stereocenters. The summed E-state index contributed by atoms with van der Waals surface area (Å²) in [6, 6.07) is 7.72. The predicted molar refractivity (Wildman–Crippen MR) is 67.8 cm³/mol. The van der Waals surface area contributed by atoms with Gasteiger partial charge in [0.05, 0.1) is 17.7 Å². The van der Waals surface area contributed by atoms with Crippen molar-refractivity contribution < 1.29 is 18.3 Å². The average molecular weight is 283 g/mol. The topological polar surface area (TPSA) is 26.3 Å². The molecule has 0 aliphatic carbocycles. The molecule has 0 heterocycles. The van der Waals surface area contributed by atoms with Crippen molar-refractivity contribution in [2.24, 2.45) is 0 Å². The van der Waals surface area contributed by atoms with E-state index in [2.05, 4.69) is 0 Å². The van der Waals surface area contributed by atoms with E-state index in [1.165, 1.54) is 31.4 Å². The Kier molecular flexibility index (Phi) is 3.81. The molecule has 0 aromatic heterocycles. The molecule has 19 heavy (non-hydrogen) atoms. The molecule has 2 rings (SSSR count). The van der Waals surface area contributed by atoms with Crippen LogP contribution in [0.1, 0.15) is 15.9 Å². The number of ketones is 1. The van der Waals surface area contributed by atoms with E-state index in [0.29, 0.717) is 0 Å². The zero-order valence-electron chi connectivity index (χ0n) is 9.91. The third kappa shape index (κ3) is 2.58. The maximum atomic E-state index is 13.9. The SMILES string of the molecule is COc1cccc(C(=O)c2ccc(F)c(Cl)c2)c1F. The first-order valence-corrected chi connectivity index (χ1v) is 5.74. The summed E-state index contributed by atoms with van der Waals surface area (Å²) in [6.07, 6.45) is 0. The van der Waals surface area contributed by atoms with Crippen molar-refractivity contribution in [1.29, 1.82) is 0 Å². The van der Waals surface area contributed by atoms with Crippen LogP contribution in [0.4, 0.5) is 8.78 Å². The Balaban J connectivity index is 2.47. The van der Waals surface area contributed by atoms with Gasteiger partial charge >= 0.3 is 0 Å². The molecule has 0 spiro atoms. The van der Waals surface area contributed by atoms with E-state index in [1.54, 1.807) is 0 Å². The molecule has 0 aliphatic rings. The Labute approximate surface area is 113 Å². The molecular formula is C14H9ClF2O2. The molecule has 2 aromatic rings. The van der Waals surface area contributed by atoms with Gasteiger partial charge in [-0.1, -0.05) is 17.7 Å². The second-order valence-electron chi connectivity index (χ2n) is 3.78. The zero-order chi connectivity index (χ0) is 14.0. The standard InChI is InChI=1S/C14H9ClF2O2/c1-19-12-4-2-3-9(13(12)17)14(18)8-5-6-11(16)10(15)7-8/h2-7H,1H3. The number of benzene rings is 2. The second-order valence-corrected chi connectivity index (χ2v) is 4.19. The van der Waals surface area contributed by atoms with Gasteiger partial charge in [-0.15, -0.1) is 0 Å². The fourth-order valence-corrected chi connectivity index (χ4v) is 1.82. The highest BCUT2D eigenvalue weighted by Gasteiger charge is 2.18. The molecule has 0 saturated heterocycles. The highest BCUT2D eigenvalue weighted by molar-refractivity contribution is 6.31. The molecule has 0 fully saturated rings. The van der Waals surface area contributed by atoms with Crippen LogP contribution in [-0.2, 0) is 0 Å². The van der Waals surface area contributed by atoms with Crippen LogP contribution in [0.3, 0.4) is 0 Å². The molecule has 0 N–H and O–H groups in total. The van der Waals surface area contributed by atoms with Crippen molar-refractivity contribution in [1.82, 2.24) is 0 Å². The van der Waals surface area contributed by atoms with Crippen molar-refractivity contribution >= 4 is 17.4 Å². The number of rotatable bonds is 3. The minimum atomic E-state index is -0.754. The summed E-state index contributed by atoms with van der Waals surface area (Å²) in [5.74, 6) is -2.00. The first-order chi connectivity index (χ1) is 9.04. The van der Waals surface area contributed by atoms with Crippen LogP contribution >= 0.6 is 11.6 Å². The summed E-state index contributed by atoms with van der Waals surface area (Å²) < 4.78 is 31.8. The number of ether oxygens (including phenoxy) is 1. The van der Waals surface area contributed by atoms with Crippen molar-refractivity contribution in [2.45, 2.75) is 0 Å². The Hall–Kier alpha value is -1.94.